The second-order valence-corrected chi connectivity index (χ2v) is 5.65. The Morgan fingerprint density at radius 2 is 1.83 bits per heavy atom. The minimum atomic E-state index is -0.720. The van der Waals surface area contributed by atoms with Gasteiger partial charge in [0.2, 0.25) is 5.91 Å². The summed E-state index contributed by atoms with van der Waals surface area (Å²) in [6.45, 7) is 0.325. The predicted molar refractivity (Wildman–Crippen MR) is 87.2 cm³/mol. The van der Waals surface area contributed by atoms with Gasteiger partial charge in [-0.2, -0.15) is 0 Å². The number of carbonyl (C=O) groups excluding carboxylic acids is 1. The summed E-state index contributed by atoms with van der Waals surface area (Å²) in [5.74, 6) is 0.633. The van der Waals surface area contributed by atoms with Crippen molar-refractivity contribution >= 4 is 5.91 Å². The van der Waals surface area contributed by atoms with E-state index in [1.54, 1.807) is 49.5 Å². The van der Waals surface area contributed by atoms with E-state index in [9.17, 15) is 9.18 Å². The molecule has 126 valence electrons. The summed E-state index contributed by atoms with van der Waals surface area (Å²) >= 11 is 0. The van der Waals surface area contributed by atoms with E-state index in [0.717, 1.165) is 5.56 Å². The van der Waals surface area contributed by atoms with Gasteiger partial charge in [-0.15, -0.1) is 0 Å². The van der Waals surface area contributed by atoms with E-state index in [0.29, 0.717) is 23.6 Å². The van der Waals surface area contributed by atoms with Crippen LogP contribution in [0, 0.1) is 5.82 Å². The Labute approximate surface area is 139 Å². The molecule has 6 heteroatoms. The lowest BCUT2D eigenvalue weighted by Crippen LogP contribution is -2.62. The van der Waals surface area contributed by atoms with E-state index in [1.807, 2.05) is 6.07 Å². The van der Waals surface area contributed by atoms with Crippen LogP contribution in [0.5, 0.6) is 11.5 Å². The topological polar surface area (TPSA) is 64.8 Å². The largest absolute Gasteiger partial charge is 0.493 e. The number of hydrogen-bond donors (Lipinski definition) is 1. The highest BCUT2D eigenvalue weighted by Crippen LogP contribution is 2.37. The van der Waals surface area contributed by atoms with Gasteiger partial charge in [-0.25, -0.2) is 4.39 Å². The maximum Gasteiger partial charge on any atom is 0.242 e. The lowest BCUT2D eigenvalue weighted by Gasteiger charge is -2.45. The first kappa shape index (κ1) is 16.3. The lowest BCUT2D eigenvalue weighted by atomic mass is 9.88. The zero-order valence-electron chi connectivity index (χ0n) is 13.5. The number of likely N-dealkylation sites (tertiary alicyclic amines) is 1. The van der Waals surface area contributed by atoms with Crippen molar-refractivity contribution in [3.63, 3.8) is 0 Å². The molecule has 1 saturated heterocycles. The van der Waals surface area contributed by atoms with Crippen LogP contribution < -0.4 is 15.2 Å². The molecule has 0 aromatic heterocycles. The van der Waals surface area contributed by atoms with Crippen LogP contribution in [0.15, 0.2) is 42.5 Å². The van der Waals surface area contributed by atoms with Crippen LogP contribution in [0.1, 0.15) is 17.2 Å². The third kappa shape index (κ3) is 2.69. The predicted octanol–water partition coefficient (Wildman–Crippen LogP) is 2.25. The third-order valence-electron chi connectivity index (χ3n) is 4.27. The number of benzene rings is 2. The van der Waals surface area contributed by atoms with Gasteiger partial charge in [-0.05, 0) is 23.8 Å². The Kier molecular flexibility index (Phi) is 4.40. The van der Waals surface area contributed by atoms with E-state index in [2.05, 4.69) is 0 Å². The third-order valence-corrected chi connectivity index (χ3v) is 4.27. The summed E-state index contributed by atoms with van der Waals surface area (Å²) in [6, 6.07) is 10.6. The average Bonchev–Trinajstić information content (AvgIpc) is 2.62. The van der Waals surface area contributed by atoms with Crippen molar-refractivity contribution in [3.8, 4) is 11.5 Å². The molecule has 2 unspecified atom stereocenters. The summed E-state index contributed by atoms with van der Waals surface area (Å²) in [7, 11) is 3.11. The van der Waals surface area contributed by atoms with Gasteiger partial charge < -0.3 is 20.1 Å². The van der Waals surface area contributed by atoms with Crippen molar-refractivity contribution in [2.24, 2.45) is 5.73 Å². The van der Waals surface area contributed by atoms with Crippen LogP contribution in [-0.2, 0) is 11.3 Å². The number of hydrogen-bond acceptors (Lipinski definition) is 4. The highest BCUT2D eigenvalue weighted by Gasteiger charge is 2.46. The molecule has 1 aliphatic heterocycles. The fraction of sp³-hybridized carbons (Fsp3) is 0.278. The summed E-state index contributed by atoms with van der Waals surface area (Å²) < 4.78 is 24.5. The van der Waals surface area contributed by atoms with E-state index in [4.69, 9.17) is 15.2 Å². The molecule has 0 saturated carbocycles. The minimum Gasteiger partial charge on any atom is -0.493 e. The van der Waals surface area contributed by atoms with Crippen LogP contribution >= 0.6 is 0 Å². The molecule has 0 bridgehead atoms. The molecular weight excluding hydrogens is 311 g/mol. The van der Waals surface area contributed by atoms with E-state index in [-0.39, 0.29) is 11.7 Å². The first-order chi connectivity index (χ1) is 11.6. The molecular formula is C18H19FN2O3. The second-order valence-electron chi connectivity index (χ2n) is 5.65. The van der Waals surface area contributed by atoms with Gasteiger partial charge in [-0.1, -0.05) is 24.3 Å². The van der Waals surface area contributed by atoms with E-state index < -0.39 is 12.1 Å². The van der Waals surface area contributed by atoms with Crippen LogP contribution in [0.4, 0.5) is 4.39 Å². The van der Waals surface area contributed by atoms with Gasteiger partial charge >= 0.3 is 0 Å². The van der Waals surface area contributed by atoms with Crippen LogP contribution in [0.25, 0.3) is 0 Å². The van der Waals surface area contributed by atoms with E-state index in [1.165, 1.54) is 6.07 Å². The fourth-order valence-corrected chi connectivity index (χ4v) is 3.00. The van der Waals surface area contributed by atoms with Crippen molar-refractivity contribution < 1.29 is 18.7 Å². The molecule has 5 nitrogen and oxygen atoms in total. The quantitative estimate of drug-likeness (QED) is 0.854. The number of β-lactam (4-membered cyclic amide) rings is 1. The van der Waals surface area contributed by atoms with Gasteiger partial charge in [-0.3, -0.25) is 4.79 Å². The van der Waals surface area contributed by atoms with Crippen molar-refractivity contribution in [1.29, 1.82) is 0 Å². The number of nitrogens with zero attached hydrogens (tertiary/aromatic N) is 1. The highest BCUT2D eigenvalue weighted by atomic mass is 19.1. The standard InChI is InChI=1S/C18H19FN2O3/c1-23-14-8-7-11(9-15(14)24-2)10-21-17(16(20)18(21)22)12-5-3-4-6-13(12)19/h3-9,16-17H,10,20H2,1-2H3. The fourth-order valence-electron chi connectivity index (χ4n) is 3.00. The SMILES string of the molecule is COc1ccc(CN2C(=O)C(N)C2c2ccccc2F)cc1OC. The number of amides is 1. The summed E-state index contributed by atoms with van der Waals surface area (Å²) in [5.41, 5.74) is 7.20. The summed E-state index contributed by atoms with van der Waals surface area (Å²) in [6.07, 6.45) is 0. The number of rotatable bonds is 5. The monoisotopic (exact) mass is 330 g/mol. The minimum absolute atomic E-state index is 0.196. The molecule has 1 heterocycles. The molecule has 0 aliphatic carbocycles. The average molecular weight is 330 g/mol. The normalized spacial score (nSPS) is 19.8. The molecule has 0 radical (unpaired) electrons. The van der Waals surface area contributed by atoms with Crippen molar-refractivity contribution in [2.75, 3.05) is 14.2 Å². The number of methoxy groups -OCH3 is 2. The Hall–Kier alpha value is -2.60. The Bertz CT molecular complexity index is 766. The number of ether oxygens (including phenoxy) is 2. The maximum atomic E-state index is 14.1. The molecule has 2 N–H and O–H groups in total. The smallest absolute Gasteiger partial charge is 0.242 e. The van der Waals surface area contributed by atoms with Gasteiger partial charge in [0.05, 0.1) is 20.3 Å². The maximum absolute atomic E-state index is 14.1. The zero-order chi connectivity index (χ0) is 17.3. The van der Waals surface area contributed by atoms with Crippen molar-refractivity contribution in [2.45, 2.75) is 18.6 Å². The Morgan fingerprint density at radius 1 is 1.12 bits per heavy atom. The Balaban J connectivity index is 1.86. The Morgan fingerprint density at radius 3 is 2.50 bits per heavy atom. The van der Waals surface area contributed by atoms with Crippen LogP contribution in [0.3, 0.4) is 0 Å². The molecule has 0 spiro atoms. The first-order valence-electron chi connectivity index (χ1n) is 7.58. The van der Waals surface area contributed by atoms with Crippen LogP contribution in [-0.4, -0.2) is 31.1 Å². The molecule has 2 aromatic rings. The van der Waals surface area contributed by atoms with Gasteiger partial charge in [0, 0.05) is 12.1 Å². The van der Waals surface area contributed by atoms with Crippen molar-refractivity contribution in [1.82, 2.24) is 4.90 Å². The first-order valence-corrected chi connectivity index (χ1v) is 7.58. The molecule has 2 atom stereocenters. The molecule has 1 fully saturated rings. The zero-order valence-corrected chi connectivity index (χ0v) is 13.5. The molecule has 1 aliphatic rings. The highest BCUT2D eigenvalue weighted by molar-refractivity contribution is 5.89. The van der Waals surface area contributed by atoms with Crippen molar-refractivity contribution in [3.05, 3.63) is 59.4 Å². The van der Waals surface area contributed by atoms with Crippen LogP contribution in [0.2, 0.25) is 0 Å². The van der Waals surface area contributed by atoms with Gasteiger partial charge in [0.1, 0.15) is 11.9 Å². The number of carbonyl (C=O) groups is 1. The van der Waals surface area contributed by atoms with Gasteiger partial charge in [0.15, 0.2) is 11.5 Å². The summed E-state index contributed by atoms with van der Waals surface area (Å²) in [5, 5.41) is 0. The summed E-state index contributed by atoms with van der Waals surface area (Å²) in [4.78, 5) is 13.7. The lowest BCUT2D eigenvalue weighted by molar-refractivity contribution is -0.150. The number of nitrogens with two attached hydrogens (primary N) is 1. The molecule has 2 aromatic carbocycles. The molecule has 24 heavy (non-hydrogen) atoms. The molecule has 1 amide bonds. The number of halogens is 1. The van der Waals surface area contributed by atoms with E-state index >= 15 is 0 Å². The van der Waals surface area contributed by atoms with Gasteiger partial charge in [0.25, 0.3) is 0 Å². The second kappa shape index (κ2) is 6.49. The molecule has 3 rings (SSSR count).